The highest BCUT2D eigenvalue weighted by molar-refractivity contribution is 7.11. The first kappa shape index (κ1) is 26.7. The Kier molecular flexibility index (Phi) is 10.3. The lowest BCUT2D eigenvalue weighted by atomic mass is 10.1. The van der Waals surface area contributed by atoms with Crippen molar-refractivity contribution in [3.63, 3.8) is 0 Å². The van der Waals surface area contributed by atoms with E-state index in [4.69, 9.17) is 22.1 Å². The summed E-state index contributed by atoms with van der Waals surface area (Å²) in [6.07, 6.45) is 1.73. The van der Waals surface area contributed by atoms with Crippen LogP contribution in [0, 0.1) is 18.6 Å². The van der Waals surface area contributed by atoms with Crippen LogP contribution in [-0.2, 0) is 6.61 Å². The molecule has 0 spiro atoms. The molecular weight excluding hydrogens is 476 g/mol. The van der Waals surface area contributed by atoms with Crippen LogP contribution >= 0.6 is 23.1 Å². The number of aromatic nitrogens is 1. The maximum atomic E-state index is 14.3. The molecule has 3 amide bonds. The Morgan fingerprint density at radius 1 is 1.27 bits per heavy atom. The molecule has 0 radical (unpaired) electrons. The van der Waals surface area contributed by atoms with Gasteiger partial charge in [0.1, 0.15) is 23.0 Å². The quantitative estimate of drug-likeness (QED) is 0.295. The predicted molar refractivity (Wildman–Crippen MR) is 125 cm³/mol. The second kappa shape index (κ2) is 12.7. The number of urea groups is 1. The molecule has 0 aliphatic carbocycles. The number of amides is 3. The second-order valence-electron chi connectivity index (χ2n) is 7.24. The van der Waals surface area contributed by atoms with Gasteiger partial charge in [-0.2, -0.15) is 4.37 Å². The zero-order valence-electron chi connectivity index (χ0n) is 18.8. The van der Waals surface area contributed by atoms with Crippen molar-refractivity contribution in [2.75, 3.05) is 31.5 Å². The van der Waals surface area contributed by atoms with Gasteiger partial charge in [0.15, 0.2) is 5.82 Å². The van der Waals surface area contributed by atoms with Crippen molar-refractivity contribution in [3.05, 3.63) is 39.4 Å². The molecule has 1 aromatic heterocycles. The standard InChI is InChI=1S/C21H28ClF2N5O3S/c1-4-29(5-2)9-7-6-8-26-21(31)27-20-15(18(25)30)19(28-33-20)32-11-13-14(23)10-12(3)16(22)17(13)24/h10H,4-9,11H2,1-3H3,(H2,25,30)(H2,26,27,31). The Morgan fingerprint density at radius 3 is 2.61 bits per heavy atom. The van der Waals surface area contributed by atoms with E-state index in [0.29, 0.717) is 6.54 Å². The molecule has 2 aromatic rings. The third-order valence-corrected chi connectivity index (χ3v) is 6.21. The number of halogens is 3. The number of carbonyl (C=O) groups excluding carboxylic acids is 2. The van der Waals surface area contributed by atoms with Crippen LogP contribution in [0.3, 0.4) is 0 Å². The summed E-state index contributed by atoms with van der Waals surface area (Å²) < 4.78 is 37.7. The molecule has 8 nitrogen and oxygen atoms in total. The number of nitrogens with two attached hydrogens (primary N) is 1. The number of unbranched alkanes of at least 4 members (excludes halogenated alkanes) is 1. The number of nitrogens with one attached hydrogen (secondary N) is 2. The van der Waals surface area contributed by atoms with E-state index >= 15 is 0 Å². The first-order chi connectivity index (χ1) is 15.7. The molecule has 0 fully saturated rings. The number of carbonyl (C=O) groups is 2. The van der Waals surface area contributed by atoms with E-state index in [-0.39, 0.29) is 27.0 Å². The number of primary amides is 1. The summed E-state index contributed by atoms with van der Waals surface area (Å²) in [5.41, 5.74) is 5.05. The molecule has 0 atom stereocenters. The van der Waals surface area contributed by atoms with Gasteiger partial charge < -0.3 is 20.7 Å². The summed E-state index contributed by atoms with van der Waals surface area (Å²) in [6.45, 7) is 8.46. The largest absolute Gasteiger partial charge is 0.471 e. The van der Waals surface area contributed by atoms with Crippen molar-refractivity contribution < 1.29 is 23.1 Å². The van der Waals surface area contributed by atoms with Crippen molar-refractivity contribution >= 4 is 40.1 Å². The van der Waals surface area contributed by atoms with Gasteiger partial charge in [-0.15, -0.1) is 0 Å². The third-order valence-electron chi connectivity index (χ3n) is 5.00. The van der Waals surface area contributed by atoms with Crippen molar-refractivity contribution in [2.45, 2.75) is 40.2 Å². The summed E-state index contributed by atoms with van der Waals surface area (Å²) in [5, 5.41) is 5.07. The van der Waals surface area contributed by atoms with Gasteiger partial charge in [0.2, 0.25) is 5.88 Å². The van der Waals surface area contributed by atoms with Crippen molar-refractivity contribution in [1.82, 2.24) is 14.6 Å². The topological polar surface area (TPSA) is 110 Å². The molecule has 1 heterocycles. The fraction of sp³-hybridized carbons (Fsp3) is 0.476. The van der Waals surface area contributed by atoms with Gasteiger partial charge in [-0.3, -0.25) is 10.1 Å². The van der Waals surface area contributed by atoms with E-state index in [2.05, 4.69) is 33.8 Å². The number of hydrogen-bond acceptors (Lipinski definition) is 6. The van der Waals surface area contributed by atoms with Crippen LogP contribution in [0.2, 0.25) is 5.02 Å². The fourth-order valence-corrected chi connectivity index (χ4v) is 3.95. The van der Waals surface area contributed by atoms with Crippen LogP contribution in [0.25, 0.3) is 0 Å². The van der Waals surface area contributed by atoms with Gasteiger partial charge in [0.05, 0.1) is 10.6 Å². The van der Waals surface area contributed by atoms with Crippen LogP contribution < -0.4 is 21.1 Å². The summed E-state index contributed by atoms with van der Waals surface area (Å²) in [5.74, 6) is -2.94. The lowest BCUT2D eigenvalue weighted by molar-refractivity contribution is 0.0996. The average molecular weight is 504 g/mol. The summed E-state index contributed by atoms with van der Waals surface area (Å²) in [7, 11) is 0. The zero-order chi connectivity index (χ0) is 24.5. The van der Waals surface area contributed by atoms with Crippen LogP contribution in [0.4, 0.5) is 18.6 Å². The highest BCUT2D eigenvalue weighted by atomic mass is 35.5. The summed E-state index contributed by atoms with van der Waals surface area (Å²) in [4.78, 5) is 26.4. The van der Waals surface area contributed by atoms with Gasteiger partial charge in [-0.1, -0.05) is 25.4 Å². The fourth-order valence-electron chi connectivity index (χ4n) is 3.05. The van der Waals surface area contributed by atoms with E-state index in [0.717, 1.165) is 50.1 Å². The minimum absolute atomic E-state index is 0.0704. The monoisotopic (exact) mass is 503 g/mol. The first-order valence-corrected chi connectivity index (χ1v) is 11.7. The molecule has 1 aromatic carbocycles. The smallest absolute Gasteiger partial charge is 0.319 e. The van der Waals surface area contributed by atoms with Gasteiger partial charge in [-0.05, 0) is 62.6 Å². The molecule has 33 heavy (non-hydrogen) atoms. The van der Waals surface area contributed by atoms with Gasteiger partial charge in [-0.25, -0.2) is 13.6 Å². The van der Waals surface area contributed by atoms with Gasteiger partial charge in [0.25, 0.3) is 5.91 Å². The van der Waals surface area contributed by atoms with Gasteiger partial charge >= 0.3 is 6.03 Å². The Hall–Kier alpha value is -2.50. The van der Waals surface area contributed by atoms with E-state index in [1.54, 1.807) is 0 Å². The SMILES string of the molecule is CCN(CC)CCCCNC(=O)Nc1snc(OCc2c(F)cc(C)c(Cl)c2F)c1C(N)=O. The highest BCUT2D eigenvalue weighted by Crippen LogP contribution is 2.32. The molecule has 0 unspecified atom stereocenters. The molecule has 0 aliphatic rings. The first-order valence-electron chi connectivity index (χ1n) is 10.5. The Bertz CT molecular complexity index is 985. The van der Waals surface area contributed by atoms with Crippen LogP contribution in [0.5, 0.6) is 5.88 Å². The van der Waals surface area contributed by atoms with Crippen molar-refractivity contribution in [2.24, 2.45) is 5.73 Å². The number of hydrogen-bond donors (Lipinski definition) is 3. The number of anilines is 1. The minimum atomic E-state index is -0.955. The second-order valence-corrected chi connectivity index (χ2v) is 8.39. The third kappa shape index (κ3) is 7.24. The Morgan fingerprint density at radius 2 is 1.97 bits per heavy atom. The lowest BCUT2D eigenvalue weighted by Crippen LogP contribution is -2.31. The summed E-state index contributed by atoms with van der Waals surface area (Å²) in [6, 6.07) is 0.553. The molecule has 0 bridgehead atoms. The molecule has 0 aliphatic heterocycles. The highest BCUT2D eigenvalue weighted by Gasteiger charge is 2.23. The zero-order valence-corrected chi connectivity index (χ0v) is 20.3. The molecule has 4 N–H and O–H groups in total. The van der Waals surface area contributed by atoms with Crippen molar-refractivity contribution in [1.29, 1.82) is 0 Å². The number of ether oxygens (including phenoxy) is 1. The Labute approximate surface area is 200 Å². The van der Waals surface area contributed by atoms with Gasteiger partial charge in [0, 0.05) is 6.54 Å². The molecule has 0 saturated carbocycles. The van der Waals surface area contributed by atoms with Crippen LogP contribution in [0.1, 0.15) is 48.2 Å². The number of nitrogens with zero attached hydrogens (tertiary/aromatic N) is 2. The van der Waals surface area contributed by atoms with E-state index in [9.17, 15) is 18.4 Å². The average Bonchev–Trinajstić information content (AvgIpc) is 3.17. The van der Waals surface area contributed by atoms with E-state index in [1.165, 1.54) is 6.92 Å². The molecule has 0 saturated heterocycles. The molecular formula is C21H28ClF2N5O3S. The lowest BCUT2D eigenvalue weighted by Gasteiger charge is -2.17. The summed E-state index contributed by atoms with van der Waals surface area (Å²) >= 11 is 6.60. The molecule has 182 valence electrons. The molecule has 12 heteroatoms. The number of benzene rings is 1. The van der Waals surface area contributed by atoms with Crippen molar-refractivity contribution in [3.8, 4) is 5.88 Å². The molecule has 2 rings (SSSR count). The van der Waals surface area contributed by atoms with Crippen LogP contribution in [-0.4, -0.2) is 47.4 Å². The maximum Gasteiger partial charge on any atom is 0.319 e. The number of rotatable bonds is 12. The maximum absolute atomic E-state index is 14.3. The predicted octanol–water partition coefficient (Wildman–Crippen LogP) is 4.30. The normalized spacial score (nSPS) is 11.0. The Balaban J connectivity index is 1.97. The minimum Gasteiger partial charge on any atom is -0.471 e. The van der Waals surface area contributed by atoms with Crippen LogP contribution in [0.15, 0.2) is 6.07 Å². The number of aryl methyl sites for hydroxylation is 1. The van der Waals surface area contributed by atoms with E-state index in [1.807, 2.05) is 0 Å². The van der Waals surface area contributed by atoms with E-state index < -0.39 is 35.7 Å².